The molecule has 1 aromatic carbocycles. The van der Waals surface area contributed by atoms with E-state index in [1.807, 2.05) is 12.1 Å². The minimum absolute atomic E-state index is 0.0803. The Morgan fingerprint density at radius 3 is 2.95 bits per heavy atom. The van der Waals surface area contributed by atoms with Gasteiger partial charge in [0.25, 0.3) is 0 Å². The lowest BCUT2D eigenvalue weighted by atomic mass is 10.0. The molecule has 0 aromatic heterocycles. The summed E-state index contributed by atoms with van der Waals surface area (Å²) in [5, 5.41) is 8.85. The molecule has 2 atom stereocenters. The lowest BCUT2D eigenvalue weighted by Crippen LogP contribution is -2.44. The lowest BCUT2D eigenvalue weighted by Gasteiger charge is -2.37. The van der Waals surface area contributed by atoms with Gasteiger partial charge in [-0.1, -0.05) is 24.3 Å². The van der Waals surface area contributed by atoms with Crippen LogP contribution in [0.4, 0.5) is 0 Å². The van der Waals surface area contributed by atoms with Crippen LogP contribution in [0.1, 0.15) is 30.5 Å². The van der Waals surface area contributed by atoms with Crippen LogP contribution in [0, 0.1) is 6.92 Å². The quantitative estimate of drug-likeness (QED) is 0.905. The van der Waals surface area contributed by atoms with E-state index >= 15 is 0 Å². The first-order valence-electron chi connectivity index (χ1n) is 6.71. The van der Waals surface area contributed by atoms with Gasteiger partial charge in [0.2, 0.25) is 0 Å². The van der Waals surface area contributed by atoms with E-state index in [1.54, 1.807) is 0 Å². The van der Waals surface area contributed by atoms with E-state index in [4.69, 9.17) is 9.84 Å². The van der Waals surface area contributed by atoms with Crippen molar-refractivity contribution in [3.05, 3.63) is 35.4 Å². The maximum Gasteiger partial charge on any atom is 0.306 e. The van der Waals surface area contributed by atoms with Gasteiger partial charge < -0.3 is 9.84 Å². The van der Waals surface area contributed by atoms with Crippen LogP contribution in [0.3, 0.4) is 0 Å². The zero-order chi connectivity index (χ0) is 13.8. The molecule has 104 valence electrons. The zero-order valence-electron chi connectivity index (χ0n) is 11.5. The largest absolute Gasteiger partial charge is 0.481 e. The molecule has 0 bridgehead atoms. The molecule has 4 heteroatoms. The molecule has 1 saturated heterocycles. The second-order valence-electron chi connectivity index (χ2n) is 5.12. The average molecular weight is 263 g/mol. The van der Waals surface area contributed by atoms with Crippen molar-refractivity contribution in [2.24, 2.45) is 0 Å². The Bertz CT molecular complexity index is 447. The van der Waals surface area contributed by atoms with E-state index in [9.17, 15) is 4.79 Å². The third-order valence-electron chi connectivity index (χ3n) is 3.76. The molecule has 1 aliphatic heterocycles. The third kappa shape index (κ3) is 3.55. The first kappa shape index (κ1) is 14.0. The number of carbonyl (C=O) groups is 1. The van der Waals surface area contributed by atoms with E-state index in [1.165, 1.54) is 11.1 Å². The number of hydrogen-bond acceptors (Lipinski definition) is 3. The molecule has 1 heterocycles. The summed E-state index contributed by atoms with van der Waals surface area (Å²) >= 11 is 0. The molecular weight excluding hydrogens is 242 g/mol. The predicted molar refractivity (Wildman–Crippen MR) is 73.2 cm³/mol. The summed E-state index contributed by atoms with van der Waals surface area (Å²) in [5.74, 6) is -0.796. The summed E-state index contributed by atoms with van der Waals surface area (Å²) in [6.07, 6.45) is -0.116. The smallest absolute Gasteiger partial charge is 0.306 e. The fourth-order valence-corrected chi connectivity index (χ4v) is 2.66. The molecule has 1 aromatic rings. The van der Waals surface area contributed by atoms with Gasteiger partial charge in [0.05, 0.1) is 19.1 Å². The molecule has 0 aliphatic carbocycles. The van der Waals surface area contributed by atoms with Crippen molar-refractivity contribution in [2.45, 2.75) is 32.4 Å². The van der Waals surface area contributed by atoms with E-state index in [2.05, 4.69) is 30.9 Å². The topological polar surface area (TPSA) is 49.8 Å². The normalized spacial score (nSPS) is 22.1. The van der Waals surface area contributed by atoms with E-state index in [0.29, 0.717) is 19.2 Å². The molecule has 2 unspecified atom stereocenters. The zero-order valence-corrected chi connectivity index (χ0v) is 11.5. The van der Waals surface area contributed by atoms with Crippen molar-refractivity contribution in [3.63, 3.8) is 0 Å². The Hall–Kier alpha value is -1.39. The van der Waals surface area contributed by atoms with Gasteiger partial charge in [0.1, 0.15) is 0 Å². The Balaban J connectivity index is 2.05. The van der Waals surface area contributed by atoms with E-state index in [0.717, 1.165) is 6.54 Å². The number of aryl methyl sites for hydroxylation is 1. The van der Waals surface area contributed by atoms with Crippen LogP contribution in [0.15, 0.2) is 24.3 Å². The molecule has 0 amide bonds. The summed E-state index contributed by atoms with van der Waals surface area (Å²) in [5.41, 5.74) is 2.58. The molecule has 1 fully saturated rings. The van der Waals surface area contributed by atoms with Crippen LogP contribution in [0.25, 0.3) is 0 Å². The number of aliphatic carboxylic acids is 1. The highest BCUT2D eigenvalue weighted by molar-refractivity contribution is 5.67. The number of carboxylic acid groups (broad SMARTS) is 1. The van der Waals surface area contributed by atoms with Gasteiger partial charge in [-0.05, 0) is 25.0 Å². The number of ether oxygens (including phenoxy) is 1. The highest BCUT2D eigenvalue weighted by Crippen LogP contribution is 2.25. The van der Waals surface area contributed by atoms with Crippen LogP contribution in [-0.2, 0) is 9.53 Å². The second kappa shape index (κ2) is 6.17. The van der Waals surface area contributed by atoms with Crippen molar-refractivity contribution < 1.29 is 14.6 Å². The highest BCUT2D eigenvalue weighted by atomic mass is 16.5. The minimum Gasteiger partial charge on any atom is -0.481 e. The van der Waals surface area contributed by atoms with Gasteiger partial charge in [-0.25, -0.2) is 0 Å². The molecule has 19 heavy (non-hydrogen) atoms. The monoisotopic (exact) mass is 263 g/mol. The Labute approximate surface area is 114 Å². The van der Waals surface area contributed by atoms with Gasteiger partial charge in [-0.2, -0.15) is 0 Å². The maximum atomic E-state index is 10.8. The Kier molecular flexibility index (Phi) is 4.56. The number of rotatable bonds is 4. The van der Waals surface area contributed by atoms with Crippen LogP contribution in [-0.4, -0.2) is 41.8 Å². The Morgan fingerprint density at radius 2 is 2.26 bits per heavy atom. The average Bonchev–Trinajstić information content (AvgIpc) is 2.38. The van der Waals surface area contributed by atoms with Crippen molar-refractivity contribution in [1.82, 2.24) is 4.90 Å². The SMILES string of the molecule is Cc1ccccc1C(C)N1CCOC(CC(=O)O)C1. The van der Waals surface area contributed by atoms with E-state index in [-0.39, 0.29) is 12.5 Å². The highest BCUT2D eigenvalue weighted by Gasteiger charge is 2.26. The van der Waals surface area contributed by atoms with Crippen LogP contribution >= 0.6 is 0 Å². The first-order valence-corrected chi connectivity index (χ1v) is 6.71. The van der Waals surface area contributed by atoms with E-state index < -0.39 is 5.97 Å². The summed E-state index contributed by atoms with van der Waals surface area (Å²) < 4.78 is 5.51. The second-order valence-corrected chi connectivity index (χ2v) is 5.12. The fourth-order valence-electron chi connectivity index (χ4n) is 2.66. The van der Waals surface area contributed by atoms with Crippen molar-refractivity contribution in [3.8, 4) is 0 Å². The number of hydrogen-bond donors (Lipinski definition) is 1. The molecule has 1 aliphatic rings. The first-order chi connectivity index (χ1) is 9.08. The number of morpholine rings is 1. The van der Waals surface area contributed by atoms with Gasteiger partial charge in [0.15, 0.2) is 0 Å². The number of benzene rings is 1. The molecule has 4 nitrogen and oxygen atoms in total. The van der Waals surface area contributed by atoms with Gasteiger partial charge in [-0.15, -0.1) is 0 Å². The van der Waals surface area contributed by atoms with Gasteiger partial charge >= 0.3 is 5.97 Å². The van der Waals surface area contributed by atoms with Gasteiger partial charge in [0, 0.05) is 19.1 Å². The summed E-state index contributed by atoms with van der Waals surface area (Å²) in [6.45, 7) is 6.42. The maximum absolute atomic E-state index is 10.8. The Morgan fingerprint density at radius 1 is 1.53 bits per heavy atom. The predicted octanol–water partition coefficient (Wildman–Crippen LogP) is 2.23. The molecule has 1 N–H and O–H groups in total. The summed E-state index contributed by atoms with van der Waals surface area (Å²) in [4.78, 5) is 13.1. The summed E-state index contributed by atoms with van der Waals surface area (Å²) in [7, 11) is 0. The fraction of sp³-hybridized carbons (Fsp3) is 0.533. The molecule has 0 saturated carbocycles. The summed E-state index contributed by atoms with van der Waals surface area (Å²) in [6, 6.07) is 8.64. The number of carboxylic acids is 1. The van der Waals surface area contributed by atoms with Crippen LogP contribution < -0.4 is 0 Å². The molecule has 0 radical (unpaired) electrons. The van der Waals surface area contributed by atoms with Crippen LogP contribution in [0.5, 0.6) is 0 Å². The molecular formula is C15H21NO3. The van der Waals surface area contributed by atoms with Crippen LogP contribution in [0.2, 0.25) is 0 Å². The third-order valence-corrected chi connectivity index (χ3v) is 3.76. The van der Waals surface area contributed by atoms with Crippen molar-refractivity contribution in [2.75, 3.05) is 19.7 Å². The molecule has 2 rings (SSSR count). The standard InChI is InChI=1S/C15H21NO3/c1-11-5-3-4-6-14(11)12(2)16-7-8-19-13(10-16)9-15(17)18/h3-6,12-13H,7-10H2,1-2H3,(H,17,18). The minimum atomic E-state index is -0.796. The lowest BCUT2D eigenvalue weighted by molar-refractivity contribution is -0.142. The molecule has 0 spiro atoms. The van der Waals surface area contributed by atoms with Crippen molar-refractivity contribution >= 4 is 5.97 Å². The van der Waals surface area contributed by atoms with Gasteiger partial charge in [-0.3, -0.25) is 9.69 Å². The van der Waals surface area contributed by atoms with Crippen molar-refractivity contribution in [1.29, 1.82) is 0 Å². The number of nitrogens with zero attached hydrogens (tertiary/aromatic N) is 1.